The van der Waals surface area contributed by atoms with Crippen LogP contribution in [0.3, 0.4) is 0 Å². The summed E-state index contributed by atoms with van der Waals surface area (Å²) in [5.41, 5.74) is 2.61. The normalized spacial score (nSPS) is 15.1. The summed E-state index contributed by atoms with van der Waals surface area (Å²) < 4.78 is 64.6. The molecule has 0 amide bonds. The van der Waals surface area contributed by atoms with Crippen LogP contribution in [0.5, 0.6) is 5.75 Å². The van der Waals surface area contributed by atoms with E-state index in [0.29, 0.717) is 22.4 Å². The topological polar surface area (TPSA) is 154 Å². The monoisotopic (exact) mass is 607 g/mol. The minimum Gasteiger partial charge on any atom is -0.494 e. The van der Waals surface area contributed by atoms with Crippen LogP contribution >= 0.6 is 0 Å². The van der Waals surface area contributed by atoms with Gasteiger partial charge in [-0.3, -0.25) is 0 Å². The molecule has 1 atom stereocenters. The molecule has 0 radical (unpaired) electrons. The van der Waals surface area contributed by atoms with E-state index < -0.39 is 22.0 Å². The third-order valence-electron chi connectivity index (χ3n) is 6.37. The van der Waals surface area contributed by atoms with Crippen molar-refractivity contribution >= 4 is 27.4 Å². The summed E-state index contributed by atoms with van der Waals surface area (Å²) in [6, 6.07) is 12.8. The molecular formula is C26H28F3N7O5S. The Kier molecular flexibility index (Phi) is 8.84. The van der Waals surface area contributed by atoms with Gasteiger partial charge in [0.1, 0.15) is 29.4 Å². The maximum atomic E-state index is 11.8. The number of fused-ring (bicyclic) bond motifs is 1. The number of rotatable bonds is 6. The Bertz CT molecular complexity index is 1670. The fourth-order valence-corrected chi connectivity index (χ4v) is 5.00. The van der Waals surface area contributed by atoms with Crippen LogP contribution in [-0.4, -0.2) is 68.6 Å². The van der Waals surface area contributed by atoms with Gasteiger partial charge in [-0.2, -0.15) is 23.3 Å². The molecule has 5 rings (SSSR count). The van der Waals surface area contributed by atoms with Crippen LogP contribution in [0.15, 0.2) is 53.7 Å². The van der Waals surface area contributed by atoms with Crippen molar-refractivity contribution in [1.82, 2.24) is 29.5 Å². The summed E-state index contributed by atoms with van der Waals surface area (Å²) in [6.45, 7) is 2.62. The molecule has 0 fully saturated rings. The molecule has 0 saturated heterocycles. The zero-order valence-electron chi connectivity index (χ0n) is 22.8. The lowest BCUT2D eigenvalue weighted by Crippen LogP contribution is -2.21. The molecule has 3 heterocycles. The average molecular weight is 608 g/mol. The van der Waals surface area contributed by atoms with Gasteiger partial charge in [-0.15, -0.1) is 5.10 Å². The summed E-state index contributed by atoms with van der Waals surface area (Å²) in [5.74, 6) is -0.0121. The molecule has 1 aliphatic rings. The lowest BCUT2D eigenvalue weighted by Gasteiger charge is -2.14. The first-order valence-corrected chi connectivity index (χ1v) is 14.5. The quantitative estimate of drug-likeness (QED) is 0.325. The molecule has 16 heteroatoms. The van der Waals surface area contributed by atoms with E-state index in [-0.39, 0.29) is 5.92 Å². The van der Waals surface area contributed by atoms with E-state index in [4.69, 9.17) is 24.7 Å². The first-order valence-electron chi connectivity index (χ1n) is 12.6. The number of halogens is 3. The number of carboxylic acid groups (broad SMARTS) is 1. The van der Waals surface area contributed by atoms with Crippen molar-refractivity contribution < 1.29 is 36.2 Å². The molecule has 1 unspecified atom stereocenters. The highest BCUT2D eigenvalue weighted by molar-refractivity contribution is 7.90. The Morgan fingerprint density at radius 3 is 2.38 bits per heavy atom. The zero-order valence-corrected chi connectivity index (χ0v) is 23.6. The Morgan fingerprint density at radius 1 is 1.12 bits per heavy atom. The number of nitrogens with one attached hydrogen (secondary N) is 1. The average Bonchev–Trinajstić information content (AvgIpc) is 3.48. The first-order chi connectivity index (χ1) is 19.8. The van der Waals surface area contributed by atoms with Crippen molar-refractivity contribution in [3.63, 3.8) is 0 Å². The van der Waals surface area contributed by atoms with E-state index in [0.717, 1.165) is 48.6 Å². The van der Waals surface area contributed by atoms with Crippen LogP contribution in [-0.2, 0) is 21.2 Å². The summed E-state index contributed by atoms with van der Waals surface area (Å²) in [4.78, 5) is 18.2. The molecule has 4 aromatic rings. The second-order valence-corrected chi connectivity index (χ2v) is 11.5. The molecule has 1 aliphatic heterocycles. The number of methoxy groups -OCH3 is 1. The highest BCUT2D eigenvalue weighted by atomic mass is 32.2. The molecular weight excluding hydrogens is 579 g/mol. The second-order valence-electron chi connectivity index (χ2n) is 9.46. The smallest absolute Gasteiger partial charge is 0.490 e. The van der Waals surface area contributed by atoms with E-state index in [9.17, 15) is 21.6 Å². The van der Waals surface area contributed by atoms with Crippen LogP contribution < -0.4 is 10.1 Å². The Morgan fingerprint density at radius 2 is 1.81 bits per heavy atom. The SMILES string of the molecule is COc1cc(Nc2nc3n(n2)CCCCC3c2ccc(S(C)(=O)=O)cc2)ccc1-n1cnc(C)n1.O=C(O)C(F)(F)F. The van der Waals surface area contributed by atoms with Crippen molar-refractivity contribution in [2.24, 2.45) is 0 Å². The van der Waals surface area contributed by atoms with Crippen LogP contribution in [0.2, 0.25) is 0 Å². The largest absolute Gasteiger partial charge is 0.494 e. The maximum absolute atomic E-state index is 11.8. The van der Waals surface area contributed by atoms with Gasteiger partial charge in [0.2, 0.25) is 5.95 Å². The van der Waals surface area contributed by atoms with Gasteiger partial charge >= 0.3 is 12.1 Å². The lowest BCUT2D eigenvalue weighted by atomic mass is 9.94. The second kappa shape index (κ2) is 12.2. The van der Waals surface area contributed by atoms with Crippen molar-refractivity contribution in [3.05, 3.63) is 66.0 Å². The third kappa shape index (κ3) is 7.23. The summed E-state index contributed by atoms with van der Waals surface area (Å²) in [6.07, 6.45) is 0.768. The number of carbonyl (C=O) groups is 1. The molecule has 0 saturated carbocycles. The molecule has 2 aromatic heterocycles. The maximum Gasteiger partial charge on any atom is 0.490 e. The number of aliphatic carboxylic acids is 1. The molecule has 42 heavy (non-hydrogen) atoms. The number of ether oxygens (including phenoxy) is 1. The number of sulfone groups is 1. The third-order valence-corrected chi connectivity index (χ3v) is 7.50. The number of nitrogens with zero attached hydrogens (tertiary/aromatic N) is 6. The van der Waals surface area contributed by atoms with Crippen LogP contribution in [0.4, 0.5) is 24.8 Å². The van der Waals surface area contributed by atoms with E-state index in [1.165, 1.54) is 6.26 Å². The molecule has 0 aliphatic carbocycles. The molecule has 2 aromatic carbocycles. The number of carboxylic acids is 1. The standard InChI is InChI=1S/C24H27N7O3S.C2HF3O2/c1-16-25-15-31(28-16)21-12-9-18(14-22(21)34-2)26-24-27-23-20(6-4-5-13-30(23)29-24)17-7-10-19(11-8-17)35(3,32)33;3-2(4,5)1(6)7/h7-12,14-15,20H,4-6,13H2,1-3H3,(H,26,29);(H,6,7). The fraction of sp³-hybridized carbons (Fsp3) is 0.346. The first kappa shape index (κ1) is 30.5. The van der Waals surface area contributed by atoms with Crippen LogP contribution in [0.1, 0.15) is 42.4 Å². The predicted molar refractivity (Wildman–Crippen MR) is 145 cm³/mol. The van der Waals surface area contributed by atoms with Gasteiger partial charge in [-0.25, -0.2) is 27.6 Å². The van der Waals surface area contributed by atoms with E-state index in [1.807, 2.05) is 41.9 Å². The number of hydrogen-bond donors (Lipinski definition) is 2. The number of anilines is 2. The Hall–Kier alpha value is -4.47. The summed E-state index contributed by atoms with van der Waals surface area (Å²) in [7, 11) is -1.62. The Labute approximate surface area is 239 Å². The molecule has 2 N–H and O–H groups in total. The molecule has 12 nitrogen and oxygen atoms in total. The van der Waals surface area contributed by atoms with Crippen molar-refractivity contribution in [1.29, 1.82) is 0 Å². The highest BCUT2D eigenvalue weighted by Gasteiger charge is 2.38. The lowest BCUT2D eigenvalue weighted by molar-refractivity contribution is -0.192. The predicted octanol–water partition coefficient (Wildman–Crippen LogP) is 4.27. The zero-order chi connectivity index (χ0) is 30.7. The minimum absolute atomic E-state index is 0.0432. The van der Waals surface area contributed by atoms with Gasteiger partial charge in [0.05, 0.1) is 12.0 Å². The number of benzene rings is 2. The van der Waals surface area contributed by atoms with E-state index in [1.54, 1.807) is 30.3 Å². The van der Waals surface area contributed by atoms with E-state index in [2.05, 4.69) is 15.4 Å². The summed E-state index contributed by atoms with van der Waals surface area (Å²) >= 11 is 0. The van der Waals surface area contributed by atoms with Gasteiger partial charge in [-0.05, 0) is 49.6 Å². The van der Waals surface area contributed by atoms with Crippen molar-refractivity contribution in [2.45, 2.75) is 49.7 Å². The minimum atomic E-state index is -5.08. The molecule has 0 bridgehead atoms. The molecule has 0 spiro atoms. The van der Waals surface area contributed by atoms with Gasteiger partial charge in [0.25, 0.3) is 0 Å². The number of hydrogen-bond acceptors (Lipinski definition) is 9. The van der Waals surface area contributed by atoms with Crippen molar-refractivity contribution in [2.75, 3.05) is 18.7 Å². The van der Waals surface area contributed by atoms with Crippen LogP contribution in [0.25, 0.3) is 5.69 Å². The number of alkyl halides is 3. The van der Waals surface area contributed by atoms with Gasteiger partial charge in [0, 0.05) is 30.5 Å². The summed E-state index contributed by atoms with van der Waals surface area (Å²) in [5, 5.41) is 19.5. The van der Waals surface area contributed by atoms with E-state index >= 15 is 0 Å². The Balaban J connectivity index is 0.000000517. The number of aromatic nitrogens is 6. The van der Waals surface area contributed by atoms with Gasteiger partial charge in [0.15, 0.2) is 9.84 Å². The molecule has 224 valence electrons. The fourth-order valence-electron chi connectivity index (χ4n) is 4.37. The highest BCUT2D eigenvalue weighted by Crippen LogP contribution is 2.34. The van der Waals surface area contributed by atoms with Gasteiger partial charge < -0.3 is 15.2 Å². The van der Waals surface area contributed by atoms with Crippen molar-refractivity contribution in [3.8, 4) is 11.4 Å². The van der Waals surface area contributed by atoms with Crippen LogP contribution in [0, 0.1) is 6.92 Å². The van der Waals surface area contributed by atoms with Gasteiger partial charge in [-0.1, -0.05) is 18.6 Å². The number of aryl methyl sites for hydroxylation is 2.